The maximum atomic E-state index is 2.70. The van der Waals surface area contributed by atoms with Gasteiger partial charge in [0.05, 0.1) is 0 Å². The van der Waals surface area contributed by atoms with Crippen LogP contribution in [0.3, 0.4) is 0 Å². The van der Waals surface area contributed by atoms with Gasteiger partial charge in [-0.1, -0.05) is 81.6 Å². The minimum absolute atomic E-state index is 0.842. The molecule has 0 aromatic rings. The summed E-state index contributed by atoms with van der Waals surface area (Å²) in [5, 5.41) is 0. The molecule has 0 saturated heterocycles. The Morgan fingerprint density at radius 3 is 1.68 bits per heavy atom. The van der Waals surface area contributed by atoms with Gasteiger partial charge in [-0.3, -0.25) is 0 Å². The van der Waals surface area contributed by atoms with Crippen LogP contribution in [0.5, 0.6) is 0 Å². The summed E-state index contributed by atoms with van der Waals surface area (Å²) in [6, 6.07) is 0. The zero-order chi connectivity index (χ0) is 22.9. The van der Waals surface area contributed by atoms with Gasteiger partial charge >= 0.3 is 0 Å². The van der Waals surface area contributed by atoms with Crippen LogP contribution < -0.4 is 0 Å². The summed E-state index contributed by atoms with van der Waals surface area (Å²) in [7, 11) is 0. The van der Waals surface area contributed by atoms with Gasteiger partial charge in [0.1, 0.15) is 0 Å². The van der Waals surface area contributed by atoms with E-state index in [-0.39, 0.29) is 0 Å². The van der Waals surface area contributed by atoms with Crippen LogP contribution in [-0.2, 0) is 0 Å². The molecule has 3 aliphatic carbocycles. The fourth-order valence-corrected chi connectivity index (χ4v) is 8.05. The Morgan fingerprint density at radius 1 is 0.710 bits per heavy atom. The zero-order valence-corrected chi connectivity index (χ0v) is 22.9. The van der Waals surface area contributed by atoms with Crippen LogP contribution in [0.1, 0.15) is 120 Å². The molecule has 3 saturated carbocycles. The van der Waals surface area contributed by atoms with E-state index in [2.05, 4.69) is 62.3 Å². The molecule has 0 aromatic heterocycles. The van der Waals surface area contributed by atoms with E-state index in [1.54, 1.807) is 12.8 Å². The number of rotatable bonds is 12. The molecule has 0 bridgehead atoms. The van der Waals surface area contributed by atoms with Crippen LogP contribution in [0.4, 0.5) is 0 Å². The molecule has 3 fully saturated rings. The molecule has 182 valence electrons. The predicted molar refractivity (Wildman–Crippen MR) is 138 cm³/mol. The first-order valence-electron chi connectivity index (χ1n) is 14.6. The summed E-state index contributed by atoms with van der Waals surface area (Å²) in [6.07, 6.45) is 13.5. The molecule has 0 spiro atoms. The first kappa shape index (κ1) is 25.6. The minimum atomic E-state index is 0.842. The molecule has 0 heteroatoms. The summed E-state index contributed by atoms with van der Waals surface area (Å²) < 4.78 is 0. The van der Waals surface area contributed by atoms with E-state index in [1.165, 1.54) is 44.9 Å². The standard InChI is InChI=1S/C31H58/c1-10-26(19(2)3)16-29(17-27-13-11-20(27)4)31(18-28-14-12-21(28)5)25(9)24(8)30-15-22(6)23(30)7/h19-31H,10-18H2,1-9H3. The van der Waals surface area contributed by atoms with Gasteiger partial charge in [-0.25, -0.2) is 0 Å². The summed E-state index contributed by atoms with van der Waals surface area (Å²) in [6.45, 7) is 22.9. The van der Waals surface area contributed by atoms with Crippen LogP contribution >= 0.6 is 0 Å². The van der Waals surface area contributed by atoms with Gasteiger partial charge < -0.3 is 0 Å². The van der Waals surface area contributed by atoms with Gasteiger partial charge in [0.15, 0.2) is 0 Å². The van der Waals surface area contributed by atoms with E-state index in [0.717, 1.165) is 76.9 Å². The van der Waals surface area contributed by atoms with Crippen molar-refractivity contribution < 1.29 is 0 Å². The lowest BCUT2D eigenvalue weighted by Crippen LogP contribution is -2.43. The van der Waals surface area contributed by atoms with Crippen molar-refractivity contribution >= 4 is 0 Å². The molecule has 0 nitrogen and oxygen atoms in total. The molecule has 0 aliphatic heterocycles. The van der Waals surface area contributed by atoms with Crippen molar-refractivity contribution in [2.45, 2.75) is 120 Å². The SMILES string of the molecule is CCC(CC(CC1CCC1C)C(CC1CCC1C)C(C)C(C)C1CC(C)C1C)C(C)C. The van der Waals surface area contributed by atoms with Gasteiger partial charge in [0, 0.05) is 0 Å². The van der Waals surface area contributed by atoms with Crippen molar-refractivity contribution in [3.8, 4) is 0 Å². The summed E-state index contributed by atoms with van der Waals surface area (Å²) in [4.78, 5) is 0. The second-order valence-electron chi connectivity index (χ2n) is 13.6. The Morgan fingerprint density at radius 2 is 1.29 bits per heavy atom. The quantitative estimate of drug-likeness (QED) is 0.289. The second-order valence-corrected chi connectivity index (χ2v) is 13.6. The number of hydrogen-bond acceptors (Lipinski definition) is 0. The molecule has 0 heterocycles. The van der Waals surface area contributed by atoms with Gasteiger partial charge in [0.25, 0.3) is 0 Å². The van der Waals surface area contributed by atoms with Crippen LogP contribution in [0, 0.1) is 76.9 Å². The lowest BCUT2D eigenvalue weighted by Gasteiger charge is -2.51. The summed E-state index contributed by atoms with van der Waals surface area (Å²) in [5.74, 6) is 12.4. The third kappa shape index (κ3) is 5.74. The van der Waals surface area contributed by atoms with E-state index in [1.807, 2.05) is 0 Å². The topological polar surface area (TPSA) is 0 Å². The average Bonchev–Trinajstić information content (AvgIpc) is 2.74. The third-order valence-electron chi connectivity index (χ3n) is 11.9. The van der Waals surface area contributed by atoms with Crippen molar-refractivity contribution in [1.82, 2.24) is 0 Å². The minimum Gasteiger partial charge on any atom is -0.0651 e. The lowest BCUT2D eigenvalue weighted by molar-refractivity contribution is -0.0132. The van der Waals surface area contributed by atoms with Crippen molar-refractivity contribution in [3.05, 3.63) is 0 Å². The molecular weight excluding hydrogens is 372 g/mol. The first-order chi connectivity index (χ1) is 14.6. The maximum absolute atomic E-state index is 2.70. The molecule has 0 N–H and O–H groups in total. The van der Waals surface area contributed by atoms with Crippen LogP contribution in [0.25, 0.3) is 0 Å². The van der Waals surface area contributed by atoms with Gasteiger partial charge in [0.2, 0.25) is 0 Å². The van der Waals surface area contributed by atoms with Gasteiger partial charge in [-0.05, 0) is 115 Å². The molecule has 0 amide bonds. The Bertz CT molecular complexity index is 534. The Labute approximate surface area is 197 Å². The van der Waals surface area contributed by atoms with Crippen LogP contribution in [0.2, 0.25) is 0 Å². The van der Waals surface area contributed by atoms with Crippen molar-refractivity contribution in [2.24, 2.45) is 76.9 Å². The third-order valence-corrected chi connectivity index (χ3v) is 11.9. The van der Waals surface area contributed by atoms with Gasteiger partial charge in [-0.2, -0.15) is 0 Å². The van der Waals surface area contributed by atoms with Crippen molar-refractivity contribution in [2.75, 3.05) is 0 Å². The molecular formula is C31H58. The van der Waals surface area contributed by atoms with Crippen molar-refractivity contribution in [3.63, 3.8) is 0 Å². The Balaban J connectivity index is 1.80. The first-order valence-corrected chi connectivity index (χ1v) is 14.6. The van der Waals surface area contributed by atoms with Gasteiger partial charge in [-0.15, -0.1) is 0 Å². The van der Waals surface area contributed by atoms with Crippen molar-refractivity contribution in [1.29, 1.82) is 0 Å². The number of hydrogen-bond donors (Lipinski definition) is 0. The second kappa shape index (κ2) is 11.0. The normalized spacial score (nSPS) is 40.3. The molecule has 3 rings (SSSR count). The largest absolute Gasteiger partial charge is 0.0651 e. The predicted octanol–water partition coefficient (Wildman–Crippen LogP) is 9.73. The smallest absolute Gasteiger partial charge is 0.0354 e. The van der Waals surface area contributed by atoms with E-state index in [4.69, 9.17) is 0 Å². The zero-order valence-electron chi connectivity index (χ0n) is 22.9. The van der Waals surface area contributed by atoms with E-state index >= 15 is 0 Å². The highest BCUT2D eigenvalue weighted by Gasteiger charge is 2.44. The molecule has 0 radical (unpaired) electrons. The molecule has 12 atom stereocenters. The maximum Gasteiger partial charge on any atom is -0.0354 e. The highest BCUT2D eigenvalue weighted by Crippen LogP contribution is 2.53. The monoisotopic (exact) mass is 430 g/mol. The fraction of sp³-hybridized carbons (Fsp3) is 1.00. The molecule has 3 aliphatic rings. The lowest BCUT2D eigenvalue weighted by atomic mass is 9.55. The Hall–Kier alpha value is 0. The average molecular weight is 431 g/mol. The highest BCUT2D eigenvalue weighted by molar-refractivity contribution is 4.94. The highest BCUT2D eigenvalue weighted by atomic mass is 14.5. The Kier molecular flexibility index (Phi) is 9.05. The fourth-order valence-electron chi connectivity index (χ4n) is 8.05. The van der Waals surface area contributed by atoms with E-state index in [0.29, 0.717) is 0 Å². The van der Waals surface area contributed by atoms with Crippen LogP contribution in [-0.4, -0.2) is 0 Å². The van der Waals surface area contributed by atoms with E-state index < -0.39 is 0 Å². The molecule has 0 aromatic carbocycles. The van der Waals surface area contributed by atoms with E-state index in [9.17, 15) is 0 Å². The molecule has 12 unspecified atom stereocenters. The summed E-state index contributed by atoms with van der Waals surface area (Å²) in [5.41, 5.74) is 0. The van der Waals surface area contributed by atoms with Crippen LogP contribution in [0.15, 0.2) is 0 Å². The molecule has 31 heavy (non-hydrogen) atoms. The summed E-state index contributed by atoms with van der Waals surface area (Å²) >= 11 is 0.